The van der Waals surface area contributed by atoms with Gasteiger partial charge in [0.25, 0.3) is 0 Å². The van der Waals surface area contributed by atoms with Crippen LogP contribution in [0.2, 0.25) is 25.7 Å². The first-order valence-corrected chi connectivity index (χ1v) is 9.94. The summed E-state index contributed by atoms with van der Waals surface area (Å²) < 4.78 is 0. The molecule has 1 rings (SSSR count). The van der Waals surface area contributed by atoms with Crippen LogP contribution in [0.4, 0.5) is 0 Å². The second kappa shape index (κ2) is 5.62. The van der Waals surface area contributed by atoms with Gasteiger partial charge in [-0.15, -0.1) is 0 Å². The van der Waals surface area contributed by atoms with E-state index >= 15 is 0 Å². The van der Waals surface area contributed by atoms with Crippen LogP contribution in [0.25, 0.3) is 0 Å². The molecule has 0 aliphatic carbocycles. The van der Waals surface area contributed by atoms with Crippen LogP contribution in [-0.2, 0) is 9.59 Å². The van der Waals surface area contributed by atoms with Crippen LogP contribution < -0.4 is 0 Å². The molecule has 0 saturated carbocycles. The summed E-state index contributed by atoms with van der Waals surface area (Å²) in [6, 6.07) is 0.982. The first kappa shape index (κ1) is 13.4. The molecule has 3 nitrogen and oxygen atoms in total. The van der Waals surface area contributed by atoms with Crippen molar-refractivity contribution in [2.24, 2.45) is 0 Å². The van der Waals surface area contributed by atoms with E-state index in [1.807, 2.05) is 0 Å². The number of nitrogens with zero attached hydrogens (tertiary/aromatic N) is 1. The zero-order chi connectivity index (χ0) is 12.2. The quantitative estimate of drug-likeness (QED) is 0.712. The fourth-order valence-corrected chi connectivity index (χ4v) is 2.83. The number of rotatable bonds is 3. The number of hydrogen-bond donors (Lipinski definition) is 0. The van der Waals surface area contributed by atoms with Gasteiger partial charge in [0, 0.05) is 27.5 Å². The monoisotopic (exact) mass is 241 g/mol. The van der Waals surface area contributed by atoms with Gasteiger partial charge in [-0.3, -0.25) is 14.5 Å². The van der Waals surface area contributed by atoms with E-state index in [1.54, 1.807) is 0 Å². The molecular formula is C12H23NO2Si. The van der Waals surface area contributed by atoms with Crippen LogP contribution in [0.3, 0.4) is 0 Å². The van der Waals surface area contributed by atoms with E-state index in [0.29, 0.717) is 19.4 Å². The topological polar surface area (TPSA) is 37.4 Å². The van der Waals surface area contributed by atoms with Crippen LogP contribution in [0.15, 0.2) is 0 Å². The fourth-order valence-electron chi connectivity index (χ4n) is 1.86. The van der Waals surface area contributed by atoms with E-state index in [0.717, 1.165) is 25.3 Å². The summed E-state index contributed by atoms with van der Waals surface area (Å²) in [7, 11) is -1.18. The lowest BCUT2D eigenvalue weighted by Crippen LogP contribution is -2.37. The van der Waals surface area contributed by atoms with Gasteiger partial charge in [-0.1, -0.05) is 26.1 Å². The summed E-state index contributed by atoms with van der Waals surface area (Å²) in [4.78, 5) is 25.1. The lowest BCUT2D eigenvalue weighted by atomic mass is 10.2. The van der Waals surface area contributed by atoms with Gasteiger partial charge in [0.2, 0.25) is 11.8 Å². The van der Waals surface area contributed by atoms with Gasteiger partial charge in [-0.2, -0.15) is 0 Å². The van der Waals surface area contributed by atoms with Crippen LogP contribution in [0, 0.1) is 0 Å². The standard InChI is InChI=1S/C12H23NO2Si/c1-16(2,3)10-8-12(15)13-9-6-4-5-7-11(13)14/h4-10H2,1-3H3. The third kappa shape index (κ3) is 4.47. The highest BCUT2D eigenvalue weighted by Gasteiger charge is 2.24. The molecule has 0 radical (unpaired) electrons. The van der Waals surface area contributed by atoms with Crippen molar-refractivity contribution in [3.8, 4) is 0 Å². The van der Waals surface area contributed by atoms with Gasteiger partial charge in [0.15, 0.2) is 0 Å². The Labute approximate surface area is 99.2 Å². The Kier molecular flexibility index (Phi) is 4.71. The SMILES string of the molecule is C[Si](C)(C)CCC(=O)N1CCCCCC1=O. The van der Waals surface area contributed by atoms with Gasteiger partial charge in [-0.25, -0.2) is 0 Å². The van der Waals surface area contributed by atoms with Gasteiger partial charge < -0.3 is 0 Å². The summed E-state index contributed by atoms with van der Waals surface area (Å²) in [6.07, 6.45) is 4.10. The Hall–Kier alpha value is -0.643. The molecule has 2 amide bonds. The Morgan fingerprint density at radius 3 is 2.56 bits per heavy atom. The Balaban J connectivity index is 2.48. The molecule has 92 valence electrons. The van der Waals surface area contributed by atoms with E-state index in [9.17, 15) is 9.59 Å². The molecule has 1 aliphatic rings. The maximum atomic E-state index is 11.9. The molecular weight excluding hydrogens is 218 g/mol. The molecule has 0 atom stereocenters. The number of imide groups is 1. The molecule has 0 unspecified atom stereocenters. The number of likely N-dealkylation sites (tertiary alicyclic amines) is 1. The van der Waals surface area contributed by atoms with Gasteiger partial charge in [-0.05, 0) is 18.9 Å². The van der Waals surface area contributed by atoms with Gasteiger partial charge in [0.05, 0.1) is 0 Å². The molecule has 0 spiro atoms. The van der Waals surface area contributed by atoms with Crippen molar-refractivity contribution in [2.75, 3.05) is 6.54 Å². The second-order valence-electron chi connectivity index (χ2n) is 5.81. The third-order valence-corrected chi connectivity index (χ3v) is 4.71. The van der Waals surface area contributed by atoms with Crippen molar-refractivity contribution in [3.63, 3.8) is 0 Å². The maximum absolute atomic E-state index is 11.9. The zero-order valence-corrected chi connectivity index (χ0v) is 11.7. The average Bonchev–Trinajstić information content (AvgIpc) is 2.38. The minimum absolute atomic E-state index is 0.0399. The first-order valence-electron chi connectivity index (χ1n) is 6.23. The highest BCUT2D eigenvalue weighted by molar-refractivity contribution is 6.76. The predicted molar refractivity (Wildman–Crippen MR) is 68.0 cm³/mol. The zero-order valence-electron chi connectivity index (χ0n) is 10.7. The summed E-state index contributed by atoms with van der Waals surface area (Å²) in [6.45, 7) is 7.41. The molecule has 0 bridgehead atoms. The van der Waals surface area contributed by atoms with Crippen LogP contribution in [0.5, 0.6) is 0 Å². The minimum atomic E-state index is -1.18. The van der Waals surface area contributed by atoms with Crippen molar-refractivity contribution in [2.45, 2.75) is 57.8 Å². The Bertz CT molecular complexity index is 271. The van der Waals surface area contributed by atoms with E-state index in [1.165, 1.54) is 4.90 Å². The molecule has 0 aromatic heterocycles. The van der Waals surface area contributed by atoms with Crippen molar-refractivity contribution in [1.29, 1.82) is 0 Å². The Morgan fingerprint density at radius 1 is 1.25 bits per heavy atom. The van der Waals surface area contributed by atoms with Crippen LogP contribution >= 0.6 is 0 Å². The Morgan fingerprint density at radius 2 is 1.94 bits per heavy atom. The smallest absolute Gasteiger partial charge is 0.229 e. The van der Waals surface area contributed by atoms with E-state index in [-0.39, 0.29) is 11.8 Å². The summed E-state index contributed by atoms with van der Waals surface area (Å²) >= 11 is 0. The van der Waals surface area contributed by atoms with Crippen molar-refractivity contribution in [1.82, 2.24) is 4.90 Å². The first-order chi connectivity index (χ1) is 7.40. The molecule has 1 saturated heterocycles. The maximum Gasteiger partial charge on any atom is 0.229 e. The summed E-state index contributed by atoms with van der Waals surface area (Å²) in [5, 5.41) is 0. The fraction of sp³-hybridized carbons (Fsp3) is 0.833. The van der Waals surface area contributed by atoms with Crippen LogP contribution in [-0.4, -0.2) is 31.3 Å². The van der Waals surface area contributed by atoms with E-state index < -0.39 is 8.07 Å². The van der Waals surface area contributed by atoms with Gasteiger partial charge in [0.1, 0.15) is 0 Å². The molecule has 1 heterocycles. The van der Waals surface area contributed by atoms with Crippen LogP contribution in [0.1, 0.15) is 32.1 Å². The molecule has 0 N–H and O–H groups in total. The summed E-state index contributed by atoms with van der Waals surface area (Å²) in [5.74, 6) is 0.0902. The summed E-state index contributed by atoms with van der Waals surface area (Å²) in [5.41, 5.74) is 0. The highest BCUT2D eigenvalue weighted by Crippen LogP contribution is 2.16. The van der Waals surface area contributed by atoms with Crippen molar-refractivity contribution < 1.29 is 9.59 Å². The minimum Gasteiger partial charge on any atom is -0.283 e. The molecule has 16 heavy (non-hydrogen) atoms. The predicted octanol–water partition coefficient (Wildman–Crippen LogP) is 2.64. The number of amides is 2. The van der Waals surface area contributed by atoms with Gasteiger partial charge >= 0.3 is 0 Å². The number of carbonyl (C=O) groups excluding carboxylic acids is 2. The third-order valence-electron chi connectivity index (χ3n) is 2.96. The van der Waals surface area contributed by atoms with Crippen molar-refractivity contribution >= 4 is 19.9 Å². The normalized spacial score (nSPS) is 18.4. The molecule has 1 aliphatic heterocycles. The molecule has 0 aromatic rings. The van der Waals surface area contributed by atoms with Crippen molar-refractivity contribution in [3.05, 3.63) is 0 Å². The van der Waals surface area contributed by atoms with E-state index in [4.69, 9.17) is 0 Å². The highest BCUT2D eigenvalue weighted by atomic mass is 28.3. The largest absolute Gasteiger partial charge is 0.283 e. The average molecular weight is 241 g/mol. The lowest BCUT2D eigenvalue weighted by Gasteiger charge is -2.21. The molecule has 4 heteroatoms. The second-order valence-corrected chi connectivity index (χ2v) is 11.4. The van der Waals surface area contributed by atoms with E-state index in [2.05, 4.69) is 19.6 Å². The number of carbonyl (C=O) groups is 2. The lowest BCUT2D eigenvalue weighted by molar-refractivity contribution is -0.144. The number of hydrogen-bond acceptors (Lipinski definition) is 2. The molecule has 0 aromatic carbocycles. The molecule has 1 fully saturated rings.